The topological polar surface area (TPSA) is 80.1 Å². The Labute approximate surface area is 203 Å². The summed E-state index contributed by atoms with van der Waals surface area (Å²) in [4.78, 5) is 16.6. The van der Waals surface area contributed by atoms with Gasteiger partial charge < -0.3 is 10.6 Å². The van der Waals surface area contributed by atoms with Crippen molar-refractivity contribution in [3.8, 4) is 0 Å². The molecule has 0 bridgehead atoms. The molecular formula is C28H36N4O2. The Morgan fingerprint density at radius 3 is 2.18 bits per heavy atom. The molecule has 0 aliphatic heterocycles. The Kier molecular flexibility index (Phi) is 7.60. The van der Waals surface area contributed by atoms with Crippen molar-refractivity contribution in [3.63, 3.8) is 0 Å². The molecule has 0 spiro atoms. The fourth-order valence-electron chi connectivity index (χ4n) is 4.49. The van der Waals surface area contributed by atoms with Gasteiger partial charge in [-0.1, -0.05) is 80.9 Å². The van der Waals surface area contributed by atoms with E-state index in [0.29, 0.717) is 24.5 Å². The molecule has 6 heteroatoms. The number of nitrogens with zero attached hydrogens (tertiary/aromatic N) is 2. The molecule has 3 rings (SSSR count). The van der Waals surface area contributed by atoms with E-state index in [2.05, 4.69) is 76.4 Å². The SMILES string of the molecule is Cc1ccc(Cc2cc(NCc3ccccc3)c([N+](=O)[O-])c(NC(C)(C)CC(C)(C)C)n2)cc1. The van der Waals surface area contributed by atoms with Crippen molar-refractivity contribution in [3.05, 3.63) is 93.2 Å². The van der Waals surface area contributed by atoms with Crippen LogP contribution in [0.4, 0.5) is 17.2 Å². The molecular weight excluding hydrogens is 424 g/mol. The average Bonchev–Trinajstić information content (AvgIpc) is 2.72. The predicted molar refractivity (Wildman–Crippen MR) is 140 cm³/mol. The van der Waals surface area contributed by atoms with E-state index in [0.717, 1.165) is 23.2 Å². The van der Waals surface area contributed by atoms with E-state index < -0.39 is 0 Å². The largest absolute Gasteiger partial charge is 0.375 e. The fourth-order valence-corrected chi connectivity index (χ4v) is 4.49. The first-order valence-electron chi connectivity index (χ1n) is 11.7. The number of nitrogens with one attached hydrogen (secondary N) is 2. The molecule has 6 nitrogen and oxygen atoms in total. The van der Waals surface area contributed by atoms with Crippen LogP contribution in [-0.4, -0.2) is 15.4 Å². The van der Waals surface area contributed by atoms with Crippen LogP contribution in [0.1, 0.15) is 63.4 Å². The summed E-state index contributed by atoms with van der Waals surface area (Å²) in [5, 5.41) is 18.9. The van der Waals surface area contributed by atoms with Crippen molar-refractivity contribution in [1.82, 2.24) is 4.98 Å². The lowest BCUT2D eigenvalue weighted by Gasteiger charge is -2.33. The summed E-state index contributed by atoms with van der Waals surface area (Å²) < 4.78 is 0. The number of aryl methyl sites for hydroxylation is 1. The van der Waals surface area contributed by atoms with Crippen molar-refractivity contribution < 1.29 is 4.92 Å². The number of anilines is 2. The highest BCUT2D eigenvalue weighted by Gasteiger charge is 2.31. The molecule has 0 amide bonds. The summed E-state index contributed by atoms with van der Waals surface area (Å²) >= 11 is 0. The van der Waals surface area contributed by atoms with Gasteiger partial charge in [-0.2, -0.15) is 0 Å². The van der Waals surface area contributed by atoms with Crippen molar-refractivity contribution in [2.24, 2.45) is 5.41 Å². The maximum absolute atomic E-state index is 12.2. The summed E-state index contributed by atoms with van der Waals surface area (Å²) in [6.45, 7) is 13.2. The zero-order valence-electron chi connectivity index (χ0n) is 21.1. The molecule has 180 valence electrons. The van der Waals surface area contributed by atoms with Crippen LogP contribution in [0, 0.1) is 22.5 Å². The quantitative estimate of drug-likeness (QED) is 0.262. The Hall–Kier alpha value is -3.41. The lowest BCUT2D eigenvalue weighted by molar-refractivity contribution is -0.383. The predicted octanol–water partition coefficient (Wildman–Crippen LogP) is 7.13. The van der Waals surface area contributed by atoms with Gasteiger partial charge in [-0.25, -0.2) is 4.98 Å². The molecule has 2 N–H and O–H groups in total. The Morgan fingerprint density at radius 1 is 0.941 bits per heavy atom. The minimum Gasteiger partial charge on any atom is -0.375 e. The van der Waals surface area contributed by atoms with Crippen molar-refractivity contribution in [2.75, 3.05) is 10.6 Å². The van der Waals surface area contributed by atoms with Gasteiger partial charge in [0.25, 0.3) is 0 Å². The van der Waals surface area contributed by atoms with E-state index in [1.807, 2.05) is 36.4 Å². The summed E-state index contributed by atoms with van der Waals surface area (Å²) in [5.41, 5.74) is 4.26. The number of aromatic nitrogens is 1. The first kappa shape index (κ1) is 25.2. The first-order valence-corrected chi connectivity index (χ1v) is 11.7. The normalized spacial score (nSPS) is 11.8. The molecule has 0 radical (unpaired) electrons. The number of rotatable bonds is 9. The molecule has 3 aromatic rings. The minimum absolute atomic E-state index is 0.0226. The standard InChI is InChI=1S/C28H36N4O2/c1-20-12-14-21(15-13-20)16-23-17-24(29-18-22-10-8-7-9-11-22)25(32(33)34)26(30-23)31-28(5,6)19-27(2,3)4/h7-15,17H,16,18-19H2,1-6H3,(H2,29,30,31). The van der Waals surface area contributed by atoms with Gasteiger partial charge in [0.15, 0.2) is 0 Å². The van der Waals surface area contributed by atoms with Gasteiger partial charge in [-0.3, -0.25) is 10.1 Å². The van der Waals surface area contributed by atoms with Crippen molar-refractivity contribution >= 4 is 17.2 Å². The van der Waals surface area contributed by atoms with Gasteiger partial charge in [0, 0.05) is 24.2 Å². The third-order valence-electron chi connectivity index (χ3n) is 5.49. The highest BCUT2D eigenvalue weighted by atomic mass is 16.6. The van der Waals surface area contributed by atoms with Gasteiger partial charge in [0.1, 0.15) is 5.69 Å². The smallest absolute Gasteiger partial charge is 0.334 e. The molecule has 1 heterocycles. The summed E-state index contributed by atoms with van der Waals surface area (Å²) in [6.07, 6.45) is 1.42. The zero-order valence-corrected chi connectivity index (χ0v) is 21.1. The molecule has 34 heavy (non-hydrogen) atoms. The number of hydrogen-bond acceptors (Lipinski definition) is 5. The Balaban J connectivity index is 2.02. The monoisotopic (exact) mass is 460 g/mol. The van der Waals surface area contributed by atoms with Crippen LogP contribution in [0.5, 0.6) is 0 Å². The van der Waals surface area contributed by atoms with E-state index in [1.54, 1.807) is 0 Å². The highest BCUT2D eigenvalue weighted by molar-refractivity contribution is 5.74. The Bertz CT molecular complexity index is 1120. The van der Waals surface area contributed by atoms with Crippen LogP contribution in [-0.2, 0) is 13.0 Å². The second-order valence-corrected chi connectivity index (χ2v) is 10.9. The van der Waals surface area contributed by atoms with Gasteiger partial charge in [-0.05, 0) is 49.8 Å². The van der Waals surface area contributed by atoms with Crippen LogP contribution < -0.4 is 10.6 Å². The summed E-state index contributed by atoms with van der Waals surface area (Å²) in [6, 6.07) is 20.0. The minimum atomic E-state index is -0.380. The van der Waals surface area contributed by atoms with Crippen molar-refractivity contribution in [1.29, 1.82) is 0 Å². The van der Waals surface area contributed by atoms with E-state index in [4.69, 9.17) is 4.98 Å². The average molecular weight is 461 g/mol. The summed E-state index contributed by atoms with van der Waals surface area (Å²) in [7, 11) is 0. The molecule has 0 fully saturated rings. The van der Waals surface area contributed by atoms with E-state index in [-0.39, 0.29) is 21.6 Å². The third kappa shape index (κ3) is 7.30. The second-order valence-electron chi connectivity index (χ2n) is 10.9. The highest BCUT2D eigenvalue weighted by Crippen LogP contribution is 2.37. The second kappa shape index (κ2) is 10.2. The zero-order chi connectivity index (χ0) is 24.9. The number of hydrogen-bond donors (Lipinski definition) is 2. The molecule has 0 saturated heterocycles. The van der Waals surface area contributed by atoms with E-state index in [9.17, 15) is 10.1 Å². The van der Waals surface area contributed by atoms with E-state index in [1.165, 1.54) is 5.56 Å². The van der Waals surface area contributed by atoms with Gasteiger partial charge in [0.05, 0.1) is 4.92 Å². The number of pyridine rings is 1. The van der Waals surface area contributed by atoms with Crippen LogP contribution in [0.25, 0.3) is 0 Å². The lowest BCUT2D eigenvalue weighted by atomic mass is 9.82. The Morgan fingerprint density at radius 2 is 1.59 bits per heavy atom. The molecule has 0 saturated carbocycles. The molecule has 1 aromatic heterocycles. The van der Waals surface area contributed by atoms with Gasteiger partial charge in [-0.15, -0.1) is 0 Å². The fraction of sp³-hybridized carbons (Fsp3) is 0.393. The third-order valence-corrected chi connectivity index (χ3v) is 5.49. The van der Waals surface area contributed by atoms with Crippen LogP contribution in [0.15, 0.2) is 60.7 Å². The molecule has 2 aromatic carbocycles. The number of nitro groups is 1. The van der Waals surface area contributed by atoms with Crippen molar-refractivity contribution in [2.45, 2.75) is 66.5 Å². The van der Waals surface area contributed by atoms with Gasteiger partial charge in [0.2, 0.25) is 5.82 Å². The molecule has 0 aliphatic carbocycles. The summed E-state index contributed by atoms with van der Waals surface area (Å²) in [5.74, 6) is 0.305. The lowest BCUT2D eigenvalue weighted by Crippen LogP contribution is -2.36. The number of benzene rings is 2. The molecule has 0 atom stereocenters. The van der Waals surface area contributed by atoms with Crippen LogP contribution >= 0.6 is 0 Å². The van der Waals surface area contributed by atoms with Gasteiger partial charge >= 0.3 is 5.69 Å². The first-order chi connectivity index (χ1) is 15.9. The molecule has 0 unspecified atom stereocenters. The maximum Gasteiger partial charge on any atom is 0.334 e. The van der Waals surface area contributed by atoms with Crippen LogP contribution in [0.3, 0.4) is 0 Å². The maximum atomic E-state index is 12.2. The molecule has 0 aliphatic rings. The van der Waals surface area contributed by atoms with Crippen LogP contribution in [0.2, 0.25) is 0 Å². The van der Waals surface area contributed by atoms with E-state index >= 15 is 0 Å².